The minimum atomic E-state index is -0.935. The largest absolute Gasteiger partial charge is 0.388 e. The SMILES string of the molecule is CCC(O)(CC)CNC(=O)Nc1ccc(Cl)cc1F. The van der Waals surface area contributed by atoms with Crippen LogP contribution in [-0.4, -0.2) is 23.3 Å². The minimum absolute atomic E-state index is 0.0402. The number of amides is 2. The van der Waals surface area contributed by atoms with Gasteiger partial charge in [0.2, 0.25) is 0 Å². The number of rotatable bonds is 5. The molecule has 4 nitrogen and oxygen atoms in total. The Morgan fingerprint density at radius 2 is 2.05 bits per heavy atom. The van der Waals surface area contributed by atoms with Crippen LogP contribution in [0.5, 0.6) is 0 Å². The molecule has 0 aliphatic carbocycles. The van der Waals surface area contributed by atoms with E-state index in [0.717, 1.165) is 6.07 Å². The van der Waals surface area contributed by atoms with Gasteiger partial charge in [0, 0.05) is 11.6 Å². The van der Waals surface area contributed by atoms with E-state index in [9.17, 15) is 14.3 Å². The highest BCUT2D eigenvalue weighted by molar-refractivity contribution is 6.30. The van der Waals surface area contributed by atoms with Crippen LogP contribution in [0.3, 0.4) is 0 Å². The molecule has 0 heterocycles. The van der Waals surface area contributed by atoms with Crippen LogP contribution in [0, 0.1) is 5.82 Å². The molecule has 1 aromatic rings. The van der Waals surface area contributed by atoms with E-state index in [0.29, 0.717) is 12.8 Å². The first-order valence-electron chi connectivity index (χ1n) is 6.12. The van der Waals surface area contributed by atoms with Crippen molar-refractivity contribution in [2.45, 2.75) is 32.3 Å². The monoisotopic (exact) mass is 288 g/mol. The number of hydrogen-bond donors (Lipinski definition) is 3. The molecule has 6 heteroatoms. The lowest BCUT2D eigenvalue weighted by molar-refractivity contribution is 0.0354. The second kappa shape index (κ2) is 6.73. The van der Waals surface area contributed by atoms with E-state index in [1.54, 1.807) is 0 Å². The molecule has 2 amide bonds. The van der Waals surface area contributed by atoms with Crippen molar-refractivity contribution in [1.82, 2.24) is 5.32 Å². The van der Waals surface area contributed by atoms with E-state index < -0.39 is 17.4 Å². The van der Waals surface area contributed by atoms with Crippen LogP contribution < -0.4 is 10.6 Å². The molecule has 1 rings (SSSR count). The highest BCUT2D eigenvalue weighted by Gasteiger charge is 2.22. The fourth-order valence-corrected chi connectivity index (χ4v) is 1.66. The third kappa shape index (κ3) is 4.69. The molecule has 0 aromatic heterocycles. The van der Waals surface area contributed by atoms with Crippen LogP contribution in [0.25, 0.3) is 0 Å². The number of halogens is 2. The highest BCUT2D eigenvalue weighted by Crippen LogP contribution is 2.19. The first-order valence-corrected chi connectivity index (χ1v) is 6.50. The third-order valence-electron chi connectivity index (χ3n) is 3.07. The Morgan fingerprint density at radius 3 is 2.58 bits per heavy atom. The Balaban J connectivity index is 2.56. The molecule has 0 bridgehead atoms. The molecule has 0 fully saturated rings. The Bertz CT molecular complexity index is 450. The van der Waals surface area contributed by atoms with Crippen LogP contribution in [0.4, 0.5) is 14.9 Å². The van der Waals surface area contributed by atoms with Gasteiger partial charge >= 0.3 is 6.03 Å². The Hall–Kier alpha value is -1.33. The number of carbonyl (C=O) groups excluding carboxylic acids is 1. The van der Waals surface area contributed by atoms with Crippen molar-refractivity contribution in [1.29, 1.82) is 0 Å². The van der Waals surface area contributed by atoms with Crippen LogP contribution >= 0.6 is 11.6 Å². The highest BCUT2D eigenvalue weighted by atomic mass is 35.5. The summed E-state index contributed by atoms with van der Waals surface area (Å²) in [5, 5.41) is 15.1. The van der Waals surface area contributed by atoms with E-state index in [-0.39, 0.29) is 17.3 Å². The second-order valence-electron chi connectivity index (χ2n) is 4.36. The molecule has 0 saturated heterocycles. The zero-order chi connectivity index (χ0) is 14.5. The Labute approximate surface area is 117 Å². The number of hydrogen-bond acceptors (Lipinski definition) is 2. The van der Waals surface area contributed by atoms with Gasteiger partial charge in [0.15, 0.2) is 0 Å². The summed E-state index contributed by atoms with van der Waals surface area (Å²) < 4.78 is 13.4. The predicted molar refractivity (Wildman–Crippen MR) is 74.0 cm³/mol. The number of nitrogens with one attached hydrogen (secondary N) is 2. The summed E-state index contributed by atoms with van der Waals surface area (Å²) in [6.45, 7) is 3.78. The molecule has 0 spiro atoms. The van der Waals surface area contributed by atoms with Crippen molar-refractivity contribution in [2.24, 2.45) is 0 Å². The first kappa shape index (κ1) is 15.7. The van der Waals surface area contributed by atoms with Gasteiger partial charge in [-0.1, -0.05) is 25.4 Å². The van der Waals surface area contributed by atoms with E-state index in [1.165, 1.54) is 12.1 Å². The van der Waals surface area contributed by atoms with Gasteiger partial charge in [-0.3, -0.25) is 0 Å². The fourth-order valence-electron chi connectivity index (χ4n) is 1.50. The molecule has 0 aliphatic heterocycles. The summed E-state index contributed by atoms with van der Waals surface area (Å²) in [4.78, 5) is 11.6. The maximum atomic E-state index is 13.4. The molecule has 0 atom stereocenters. The standard InChI is InChI=1S/C13H18ClFN2O2/c1-3-13(19,4-2)8-16-12(18)17-11-6-5-9(14)7-10(11)15/h5-7,19H,3-4,8H2,1-2H3,(H2,16,17,18). The topological polar surface area (TPSA) is 61.4 Å². The van der Waals surface area contributed by atoms with Gasteiger partial charge in [-0.25, -0.2) is 9.18 Å². The summed E-state index contributed by atoms with van der Waals surface area (Å²) in [5.74, 6) is -0.608. The first-order chi connectivity index (χ1) is 8.90. The van der Waals surface area contributed by atoms with Crippen LogP contribution in [0.1, 0.15) is 26.7 Å². The van der Waals surface area contributed by atoms with E-state index >= 15 is 0 Å². The average molecular weight is 289 g/mol. The third-order valence-corrected chi connectivity index (χ3v) is 3.31. The second-order valence-corrected chi connectivity index (χ2v) is 4.80. The molecule has 19 heavy (non-hydrogen) atoms. The van der Waals surface area contributed by atoms with Crippen molar-refractivity contribution in [2.75, 3.05) is 11.9 Å². The van der Waals surface area contributed by atoms with Gasteiger partial charge < -0.3 is 15.7 Å². The average Bonchev–Trinajstić information content (AvgIpc) is 2.39. The molecule has 3 N–H and O–H groups in total. The van der Waals surface area contributed by atoms with Gasteiger partial charge in [0.1, 0.15) is 5.82 Å². The maximum Gasteiger partial charge on any atom is 0.319 e. The molecule has 106 valence electrons. The number of carbonyl (C=O) groups is 1. The number of benzene rings is 1. The van der Waals surface area contributed by atoms with Crippen LogP contribution in [-0.2, 0) is 0 Å². The van der Waals surface area contributed by atoms with E-state index in [2.05, 4.69) is 10.6 Å². The summed E-state index contributed by atoms with van der Waals surface area (Å²) in [5.41, 5.74) is -0.894. The van der Waals surface area contributed by atoms with E-state index in [1.807, 2.05) is 13.8 Å². The van der Waals surface area contributed by atoms with E-state index in [4.69, 9.17) is 11.6 Å². The lowest BCUT2D eigenvalue weighted by Gasteiger charge is -2.25. The van der Waals surface area contributed by atoms with Crippen molar-refractivity contribution >= 4 is 23.3 Å². The van der Waals surface area contributed by atoms with Crippen LogP contribution in [0.2, 0.25) is 5.02 Å². The smallest absolute Gasteiger partial charge is 0.319 e. The molecule has 0 saturated carbocycles. The normalized spacial score (nSPS) is 11.2. The maximum absolute atomic E-state index is 13.4. The minimum Gasteiger partial charge on any atom is -0.388 e. The van der Waals surface area contributed by atoms with Crippen molar-refractivity contribution in [3.63, 3.8) is 0 Å². The van der Waals surface area contributed by atoms with Gasteiger partial charge in [-0.2, -0.15) is 0 Å². The molecule has 1 aromatic carbocycles. The Kier molecular flexibility index (Phi) is 5.57. The van der Waals surface area contributed by atoms with Gasteiger partial charge in [0.05, 0.1) is 11.3 Å². The van der Waals surface area contributed by atoms with Crippen molar-refractivity contribution < 1.29 is 14.3 Å². The molecular formula is C13H18ClFN2O2. The van der Waals surface area contributed by atoms with Crippen molar-refractivity contribution in [3.8, 4) is 0 Å². The summed E-state index contributed by atoms with van der Waals surface area (Å²) in [7, 11) is 0. The van der Waals surface area contributed by atoms with Crippen molar-refractivity contribution in [3.05, 3.63) is 29.0 Å². The van der Waals surface area contributed by atoms with Crippen LogP contribution in [0.15, 0.2) is 18.2 Å². The molecule has 0 aliphatic rings. The Morgan fingerprint density at radius 1 is 1.42 bits per heavy atom. The summed E-state index contributed by atoms with van der Waals surface area (Å²) >= 11 is 5.61. The lowest BCUT2D eigenvalue weighted by Crippen LogP contribution is -2.43. The number of anilines is 1. The van der Waals surface area contributed by atoms with Gasteiger partial charge in [0.25, 0.3) is 0 Å². The van der Waals surface area contributed by atoms with Gasteiger partial charge in [-0.05, 0) is 31.0 Å². The predicted octanol–water partition coefficient (Wildman–Crippen LogP) is 3.15. The quantitative estimate of drug-likeness (QED) is 0.779. The summed E-state index contributed by atoms with van der Waals surface area (Å²) in [6.07, 6.45) is 1.05. The zero-order valence-corrected chi connectivity index (χ0v) is 11.7. The molecule has 0 radical (unpaired) electrons. The summed E-state index contributed by atoms with van der Waals surface area (Å²) in [6, 6.07) is 3.41. The van der Waals surface area contributed by atoms with Gasteiger partial charge in [-0.15, -0.1) is 0 Å². The zero-order valence-electron chi connectivity index (χ0n) is 11.0. The molecular weight excluding hydrogens is 271 g/mol. The lowest BCUT2D eigenvalue weighted by atomic mass is 9.98. The molecule has 0 unspecified atom stereocenters. The number of aliphatic hydroxyl groups is 1. The number of urea groups is 1. The fraction of sp³-hybridized carbons (Fsp3) is 0.462.